The molecular formula is C26H57P3. The second-order valence-electron chi connectivity index (χ2n) is 10.3. The van der Waals surface area contributed by atoms with E-state index in [0.717, 1.165) is 0 Å². The highest BCUT2D eigenvalue weighted by Gasteiger charge is 2.33. The first-order valence-corrected chi connectivity index (χ1v) is 14.8. The summed E-state index contributed by atoms with van der Waals surface area (Å²) in [6, 6.07) is 0. The van der Waals surface area contributed by atoms with Gasteiger partial charge in [-0.1, -0.05) is 92.4 Å². The molecule has 0 radical (unpaired) electrons. The van der Waals surface area contributed by atoms with E-state index in [2.05, 4.69) is 62.3 Å². The van der Waals surface area contributed by atoms with Gasteiger partial charge in [0.2, 0.25) is 0 Å². The van der Waals surface area contributed by atoms with E-state index in [1.807, 2.05) is 0 Å². The first-order chi connectivity index (χ1) is 13.7. The van der Waals surface area contributed by atoms with E-state index in [0.29, 0.717) is 15.5 Å². The Bertz CT molecular complexity index is 334. The SMILES string of the molecule is CCCCC(P)(CCCC)CCC(P)(CCC)CCC(P)(CCCC)CCCC. The highest BCUT2D eigenvalue weighted by Crippen LogP contribution is 2.45. The van der Waals surface area contributed by atoms with Crippen LogP contribution in [-0.2, 0) is 0 Å². The van der Waals surface area contributed by atoms with Gasteiger partial charge in [-0.15, -0.1) is 27.7 Å². The molecule has 0 aromatic carbocycles. The van der Waals surface area contributed by atoms with Crippen molar-refractivity contribution in [3.05, 3.63) is 0 Å². The highest BCUT2D eigenvalue weighted by atomic mass is 31.0. The van der Waals surface area contributed by atoms with Crippen molar-refractivity contribution in [1.82, 2.24) is 0 Å². The van der Waals surface area contributed by atoms with Crippen LogP contribution in [0, 0.1) is 0 Å². The fraction of sp³-hybridized carbons (Fsp3) is 1.00. The van der Waals surface area contributed by atoms with E-state index >= 15 is 0 Å². The van der Waals surface area contributed by atoms with Crippen LogP contribution in [0.3, 0.4) is 0 Å². The monoisotopic (exact) mass is 462 g/mol. The first-order valence-electron chi connectivity index (χ1n) is 13.1. The zero-order chi connectivity index (χ0) is 22.2. The summed E-state index contributed by atoms with van der Waals surface area (Å²) in [5.74, 6) is 0. The van der Waals surface area contributed by atoms with Crippen molar-refractivity contribution >= 4 is 27.7 Å². The van der Waals surface area contributed by atoms with E-state index in [1.54, 1.807) is 0 Å². The Morgan fingerprint density at radius 2 is 0.586 bits per heavy atom. The molecule has 0 amide bonds. The molecule has 0 saturated heterocycles. The second kappa shape index (κ2) is 16.9. The third kappa shape index (κ3) is 14.1. The lowest BCUT2D eigenvalue weighted by molar-refractivity contribution is 0.341. The Labute approximate surface area is 193 Å². The molecule has 0 spiro atoms. The molecule has 3 unspecified atom stereocenters. The van der Waals surface area contributed by atoms with Crippen LogP contribution >= 0.6 is 27.7 Å². The third-order valence-electron chi connectivity index (χ3n) is 7.10. The van der Waals surface area contributed by atoms with Gasteiger partial charge in [-0.25, -0.2) is 0 Å². The van der Waals surface area contributed by atoms with Gasteiger partial charge in [-0.3, -0.25) is 0 Å². The lowest BCUT2D eigenvalue weighted by Gasteiger charge is -2.39. The van der Waals surface area contributed by atoms with Crippen LogP contribution in [0.15, 0.2) is 0 Å². The van der Waals surface area contributed by atoms with Crippen LogP contribution in [0.5, 0.6) is 0 Å². The van der Waals surface area contributed by atoms with Crippen LogP contribution in [0.1, 0.15) is 150 Å². The third-order valence-corrected chi connectivity index (χ3v) is 9.70. The van der Waals surface area contributed by atoms with Gasteiger partial charge < -0.3 is 0 Å². The average molecular weight is 463 g/mol. The van der Waals surface area contributed by atoms with E-state index in [-0.39, 0.29) is 0 Å². The summed E-state index contributed by atoms with van der Waals surface area (Å²) < 4.78 is 0. The molecule has 0 fully saturated rings. The predicted octanol–water partition coefficient (Wildman–Crippen LogP) is 9.95. The summed E-state index contributed by atoms with van der Waals surface area (Å²) in [6.45, 7) is 11.7. The Hall–Kier alpha value is 1.29. The van der Waals surface area contributed by atoms with Gasteiger partial charge in [0.25, 0.3) is 0 Å². The maximum Gasteiger partial charge on any atom is -0.0149 e. The molecule has 0 bridgehead atoms. The summed E-state index contributed by atoms with van der Waals surface area (Å²) in [4.78, 5) is 0. The summed E-state index contributed by atoms with van der Waals surface area (Å²) in [7, 11) is 10.0. The second-order valence-corrected chi connectivity index (χ2v) is 13.9. The summed E-state index contributed by atoms with van der Waals surface area (Å²) in [5.41, 5.74) is 0. The largest absolute Gasteiger partial charge is 0.131 e. The molecule has 3 heteroatoms. The van der Waals surface area contributed by atoms with Crippen molar-refractivity contribution in [2.75, 3.05) is 0 Å². The van der Waals surface area contributed by atoms with Crippen LogP contribution in [-0.4, -0.2) is 15.5 Å². The minimum atomic E-state index is 0.440. The van der Waals surface area contributed by atoms with Gasteiger partial charge in [0.1, 0.15) is 0 Å². The summed E-state index contributed by atoms with van der Waals surface area (Å²) in [6.07, 6.45) is 24.6. The number of hydrogen-bond donors (Lipinski definition) is 0. The average Bonchev–Trinajstić information content (AvgIpc) is 2.71. The molecule has 0 aliphatic carbocycles. The van der Waals surface area contributed by atoms with Gasteiger partial charge >= 0.3 is 0 Å². The molecule has 176 valence electrons. The van der Waals surface area contributed by atoms with Crippen molar-refractivity contribution in [1.29, 1.82) is 0 Å². The predicted molar refractivity (Wildman–Crippen MR) is 149 cm³/mol. The van der Waals surface area contributed by atoms with Gasteiger partial charge in [0.15, 0.2) is 0 Å². The van der Waals surface area contributed by atoms with E-state index in [1.165, 1.54) is 116 Å². The molecule has 0 N–H and O–H groups in total. The number of hydrogen-bond acceptors (Lipinski definition) is 0. The van der Waals surface area contributed by atoms with Crippen molar-refractivity contribution in [3.63, 3.8) is 0 Å². The van der Waals surface area contributed by atoms with Gasteiger partial charge in [0.05, 0.1) is 0 Å². The van der Waals surface area contributed by atoms with Gasteiger partial charge in [-0.05, 0) is 73.3 Å². The molecule has 0 aliphatic heterocycles. The smallest absolute Gasteiger partial charge is 0.0149 e. The minimum Gasteiger partial charge on any atom is -0.131 e. The summed E-state index contributed by atoms with van der Waals surface area (Å²) in [5, 5.41) is 1.39. The zero-order valence-corrected chi connectivity index (χ0v) is 24.4. The van der Waals surface area contributed by atoms with Crippen molar-refractivity contribution in [2.24, 2.45) is 0 Å². The van der Waals surface area contributed by atoms with Crippen LogP contribution in [0.2, 0.25) is 0 Å². The molecule has 0 rings (SSSR count). The lowest BCUT2D eigenvalue weighted by atomic mass is 9.81. The van der Waals surface area contributed by atoms with Crippen LogP contribution in [0.4, 0.5) is 0 Å². The molecule has 29 heavy (non-hydrogen) atoms. The molecule has 0 aliphatic rings. The number of unbranched alkanes of at least 4 members (excludes halogenated alkanes) is 4. The molecule has 0 nitrogen and oxygen atoms in total. The summed E-state index contributed by atoms with van der Waals surface area (Å²) >= 11 is 0. The number of rotatable bonds is 20. The molecule has 3 atom stereocenters. The normalized spacial score (nSPS) is 13.2. The van der Waals surface area contributed by atoms with Gasteiger partial charge in [0, 0.05) is 0 Å². The standard InChI is InChI=1S/C26H57P3/c1-6-11-16-25(28,17-12-7-2)22-20-24(27,15-10-5)21-23-26(29,18-13-8-3)19-14-9-4/h6-23,27-29H2,1-5H3. The van der Waals surface area contributed by atoms with Crippen molar-refractivity contribution in [3.8, 4) is 0 Å². The van der Waals surface area contributed by atoms with E-state index < -0.39 is 0 Å². The zero-order valence-electron chi connectivity index (χ0n) is 21.0. The fourth-order valence-electron chi connectivity index (χ4n) is 4.73. The molecule has 0 saturated carbocycles. The van der Waals surface area contributed by atoms with Crippen molar-refractivity contribution in [2.45, 2.75) is 166 Å². The Balaban J connectivity index is 5.05. The van der Waals surface area contributed by atoms with E-state index in [4.69, 9.17) is 0 Å². The van der Waals surface area contributed by atoms with Gasteiger partial charge in [-0.2, -0.15) is 0 Å². The maximum atomic E-state index is 3.37. The maximum absolute atomic E-state index is 3.37. The molecular weight excluding hydrogens is 405 g/mol. The Kier molecular flexibility index (Phi) is 17.6. The van der Waals surface area contributed by atoms with Crippen LogP contribution < -0.4 is 0 Å². The Morgan fingerprint density at radius 3 is 0.793 bits per heavy atom. The first kappa shape index (κ1) is 30.3. The molecule has 0 heterocycles. The van der Waals surface area contributed by atoms with Crippen LogP contribution in [0.25, 0.3) is 0 Å². The quantitative estimate of drug-likeness (QED) is 0.158. The highest BCUT2D eigenvalue weighted by molar-refractivity contribution is 7.19. The van der Waals surface area contributed by atoms with E-state index in [9.17, 15) is 0 Å². The topological polar surface area (TPSA) is 0 Å². The molecule has 0 aromatic rings. The fourth-order valence-corrected chi connectivity index (χ4v) is 6.42. The Morgan fingerprint density at radius 1 is 0.345 bits per heavy atom. The van der Waals surface area contributed by atoms with Crippen molar-refractivity contribution < 1.29 is 0 Å². The molecule has 0 aromatic heterocycles. The minimum absolute atomic E-state index is 0.440. The lowest BCUT2D eigenvalue weighted by Crippen LogP contribution is -2.31.